The van der Waals surface area contributed by atoms with Gasteiger partial charge < -0.3 is 15.4 Å². The standard InChI is InChI=1S/C18H35N3O/c1-3-19-17(20-13-6-7-16-8-9-16)21-15-18(12-14-22-2)10-4-5-11-18/h16H,3-15H2,1-2H3,(H2,19,20,21). The summed E-state index contributed by atoms with van der Waals surface area (Å²) >= 11 is 0. The molecule has 4 nitrogen and oxygen atoms in total. The van der Waals surface area contributed by atoms with E-state index in [-0.39, 0.29) is 0 Å². The van der Waals surface area contributed by atoms with Crippen molar-refractivity contribution >= 4 is 5.96 Å². The molecule has 2 saturated carbocycles. The topological polar surface area (TPSA) is 45.7 Å². The van der Waals surface area contributed by atoms with E-state index in [9.17, 15) is 0 Å². The second-order valence-electron chi connectivity index (χ2n) is 7.16. The molecule has 0 atom stereocenters. The van der Waals surface area contributed by atoms with Gasteiger partial charge in [0.1, 0.15) is 0 Å². The Hall–Kier alpha value is -0.770. The van der Waals surface area contributed by atoms with E-state index in [4.69, 9.17) is 9.73 Å². The second-order valence-corrected chi connectivity index (χ2v) is 7.16. The summed E-state index contributed by atoms with van der Waals surface area (Å²) in [4.78, 5) is 4.89. The summed E-state index contributed by atoms with van der Waals surface area (Å²) in [5.74, 6) is 2.03. The highest BCUT2D eigenvalue weighted by Crippen LogP contribution is 2.41. The molecule has 0 saturated heterocycles. The Morgan fingerprint density at radius 3 is 2.64 bits per heavy atom. The van der Waals surface area contributed by atoms with Crippen LogP contribution in [0.1, 0.15) is 64.7 Å². The molecule has 0 amide bonds. The molecule has 0 aromatic rings. The smallest absolute Gasteiger partial charge is 0.191 e. The third-order valence-corrected chi connectivity index (χ3v) is 5.20. The largest absolute Gasteiger partial charge is 0.385 e. The Morgan fingerprint density at radius 2 is 2.00 bits per heavy atom. The van der Waals surface area contributed by atoms with Gasteiger partial charge in [0.05, 0.1) is 0 Å². The van der Waals surface area contributed by atoms with Gasteiger partial charge >= 0.3 is 0 Å². The van der Waals surface area contributed by atoms with Crippen LogP contribution in [0.4, 0.5) is 0 Å². The molecule has 128 valence electrons. The predicted octanol–water partition coefficient (Wildman–Crippen LogP) is 3.33. The van der Waals surface area contributed by atoms with Gasteiger partial charge in [0, 0.05) is 33.4 Å². The second kappa shape index (κ2) is 9.39. The summed E-state index contributed by atoms with van der Waals surface area (Å²) in [6, 6.07) is 0. The van der Waals surface area contributed by atoms with Gasteiger partial charge in [-0.2, -0.15) is 0 Å². The minimum absolute atomic E-state index is 0.381. The van der Waals surface area contributed by atoms with Crippen LogP contribution in [0.2, 0.25) is 0 Å². The number of methoxy groups -OCH3 is 1. The Balaban J connectivity index is 1.77. The van der Waals surface area contributed by atoms with Gasteiger partial charge in [-0.3, -0.25) is 4.99 Å². The monoisotopic (exact) mass is 309 g/mol. The lowest BCUT2D eigenvalue weighted by Gasteiger charge is -2.27. The molecule has 4 heteroatoms. The van der Waals surface area contributed by atoms with Crippen LogP contribution >= 0.6 is 0 Å². The van der Waals surface area contributed by atoms with E-state index in [1.165, 1.54) is 51.4 Å². The fraction of sp³-hybridized carbons (Fsp3) is 0.944. The zero-order chi connectivity index (χ0) is 15.7. The third-order valence-electron chi connectivity index (χ3n) is 5.20. The van der Waals surface area contributed by atoms with Crippen molar-refractivity contribution in [2.45, 2.75) is 64.7 Å². The number of hydrogen-bond acceptors (Lipinski definition) is 2. The average molecular weight is 309 g/mol. The summed E-state index contributed by atoms with van der Waals surface area (Å²) in [5.41, 5.74) is 0.381. The maximum atomic E-state index is 5.31. The highest BCUT2D eigenvalue weighted by atomic mass is 16.5. The van der Waals surface area contributed by atoms with E-state index in [1.54, 1.807) is 7.11 Å². The molecule has 22 heavy (non-hydrogen) atoms. The van der Waals surface area contributed by atoms with Gasteiger partial charge in [-0.15, -0.1) is 0 Å². The number of nitrogens with one attached hydrogen (secondary N) is 2. The molecule has 0 aromatic heterocycles. The van der Waals surface area contributed by atoms with Crippen molar-refractivity contribution in [1.29, 1.82) is 0 Å². The van der Waals surface area contributed by atoms with Crippen molar-refractivity contribution in [3.8, 4) is 0 Å². The molecule has 2 aliphatic rings. The normalized spacial score (nSPS) is 21.1. The van der Waals surface area contributed by atoms with Crippen LogP contribution in [0.5, 0.6) is 0 Å². The van der Waals surface area contributed by atoms with Crippen LogP contribution in [0.15, 0.2) is 4.99 Å². The quantitative estimate of drug-likeness (QED) is 0.370. The predicted molar refractivity (Wildman–Crippen MR) is 93.3 cm³/mol. The number of ether oxygens (including phenoxy) is 1. The van der Waals surface area contributed by atoms with Crippen molar-refractivity contribution in [3.63, 3.8) is 0 Å². The molecule has 0 unspecified atom stereocenters. The maximum absolute atomic E-state index is 5.31. The molecule has 0 radical (unpaired) electrons. The van der Waals surface area contributed by atoms with Gasteiger partial charge in [-0.1, -0.05) is 25.7 Å². The van der Waals surface area contributed by atoms with Gasteiger partial charge in [0.2, 0.25) is 0 Å². The number of guanidine groups is 1. The number of rotatable bonds is 10. The summed E-state index contributed by atoms with van der Waals surface area (Å²) in [6.07, 6.45) is 12.0. The Morgan fingerprint density at radius 1 is 1.23 bits per heavy atom. The van der Waals surface area contributed by atoms with Crippen molar-refractivity contribution in [2.75, 3.05) is 33.4 Å². The molecular weight excluding hydrogens is 274 g/mol. The van der Waals surface area contributed by atoms with Crippen LogP contribution in [0, 0.1) is 11.3 Å². The minimum atomic E-state index is 0.381. The van der Waals surface area contributed by atoms with E-state index >= 15 is 0 Å². The van der Waals surface area contributed by atoms with Crippen molar-refractivity contribution < 1.29 is 4.74 Å². The fourth-order valence-corrected chi connectivity index (χ4v) is 3.52. The molecule has 2 N–H and O–H groups in total. The molecule has 0 bridgehead atoms. The third kappa shape index (κ3) is 6.15. The first-order valence-corrected chi connectivity index (χ1v) is 9.29. The SMILES string of the molecule is CCNC(=NCC1(CCOC)CCCC1)NCCCC1CC1. The van der Waals surface area contributed by atoms with Crippen LogP contribution < -0.4 is 10.6 Å². The Bertz CT molecular complexity index is 333. The van der Waals surface area contributed by atoms with Crippen molar-refractivity contribution in [3.05, 3.63) is 0 Å². The lowest BCUT2D eigenvalue weighted by atomic mass is 9.83. The molecule has 2 aliphatic carbocycles. The number of hydrogen-bond donors (Lipinski definition) is 2. The lowest BCUT2D eigenvalue weighted by molar-refractivity contribution is 0.141. The number of aliphatic imine (C=N–C) groups is 1. The highest BCUT2D eigenvalue weighted by Gasteiger charge is 2.33. The Kier molecular flexibility index (Phi) is 7.50. The minimum Gasteiger partial charge on any atom is -0.385 e. The molecule has 0 spiro atoms. The van der Waals surface area contributed by atoms with Crippen molar-refractivity contribution in [1.82, 2.24) is 10.6 Å². The zero-order valence-electron chi connectivity index (χ0n) is 14.6. The summed E-state index contributed by atoms with van der Waals surface area (Å²) in [6.45, 7) is 5.92. The average Bonchev–Trinajstić information content (AvgIpc) is 3.24. The highest BCUT2D eigenvalue weighted by molar-refractivity contribution is 5.79. The first-order chi connectivity index (χ1) is 10.8. The van der Waals surface area contributed by atoms with Crippen LogP contribution in [0.25, 0.3) is 0 Å². The number of nitrogens with zero attached hydrogens (tertiary/aromatic N) is 1. The first-order valence-electron chi connectivity index (χ1n) is 9.29. The van der Waals surface area contributed by atoms with Crippen LogP contribution in [0.3, 0.4) is 0 Å². The summed E-state index contributed by atoms with van der Waals surface area (Å²) < 4.78 is 5.31. The summed E-state index contributed by atoms with van der Waals surface area (Å²) in [7, 11) is 1.80. The molecule has 0 aromatic carbocycles. The Labute approximate surface area is 136 Å². The lowest BCUT2D eigenvalue weighted by Crippen LogP contribution is -2.39. The zero-order valence-corrected chi connectivity index (χ0v) is 14.6. The van der Waals surface area contributed by atoms with E-state index in [1.807, 2.05) is 0 Å². The van der Waals surface area contributed by atoms with Gasteiger partial charge in [0.25, 0.3) is 0 Å². The molecule has 2 rings (SSSR count). The summed E-state index contributed by atoms with van der Waals surface area (Å²) in [5, 5.41) is 6.90. The van der Waals surface area contributed by atoms with Gasteiger partial charge in [0.15, 0.2) is 5.96 Å². The molecule has 2 fully saturated rings. The molecule has 0 heterocycles. The molecule has 0 aliphatic heterocycles. The van der Waals surface area contributed by atoms with Gasteiger partial charge in [-0.05, 0) is 50.4 Å². The maximum Gasteiger partial charge on any atom is 0.191 e. The van der Waals surface area contributed by atoms with E-state index in [0.29, 0.717) is 5.41 Å². The van der Waals surface area contributed by atoms with Crippen molar-refractivity contribution in [2.24, 2.45) is 16.3 Å². The molecular formula is C18H35N3O. The first kappa shape index (κ1) is 17.6. The fourth-order valence-electron chi connectivity index (χ4n) is 3.52. The van der Waals surface area contributed by atoms with Crippen LogP contribution in [-0.2, 0) is 4.74 Å². The van der Waals surface area contributed by atoms with Gasteiger partial charge in [-0.25, -0.2) is 0 Å². The van der Waals surface area contributed by atoms with E-state index in [2.05, 4.69) is 17.6 Å². The van der Waals surface area contributed by atoms with E-state index in [0.717, 1.165) is 44.5 Å². The van der Waals surface area contributed by atoms with Crippen LogP contribution in [-0.4, -0.2) is 39.3 Å². The van der Waals surface area contributed by atoms with E-state index < -0.39 is 0 Å².